The number of rotatable bonds is 3. The predicted molar refractivity (Wildman–Crippen MR) is 69.4 cm³/mol. The summed E-state index contributed by atoms with van der Waals surface area (Å²) < 4.78 is 5.99. The normalized spacial score (nSPS) is 16.3. The third-order valence-electron chi connectivity index (χ3n) is 3.44. The lowest BCUT2D eigenvalue weighted by atomic mass is 9.95. The summed E-state index contributed by atoms with van der Waals surface area (Å²) in [5, 5.41) is 0. The van der Waals surface area contributed by atoms with Gasteiger partial charge in [0.1, 0.15) is 5.56 Å². The number of aromatic nitrogens is 2. The zero-order valence-electron chi connectivity index (χ0n) is 11.0. The van der Waals surface area contributed by atoms with E-state index < -0.39 is 17.2 Å². The van der Waals surface area contributed by atoms with Crippen LogP contribution in [-0.2, 0) is 4.74 Å². The van der Waals surface area contributed by atoms with Crippen molar-refractivity contribution in [2.45, 2.75) is 45.1 Å². The molecule has 1 aliphatic rings. The highest BCUT2D eigenvalue weighted by atomic mass is 16.5. The fourth-order valence-corrected chi connectivity index (χ4v) is 2.51. The quantitative estimate of drug-likeness (QED) is 0.834. The van der Waals surface area contributed by atoms with Crippen LogP contribution in [0.5, 0.6) is 0 Å². The molecule has 0 amide bonds. The molecule has 0 spiro atoms. The summed E-state index contributed by atoms with van der Waals surface area (Å²) in [6.07, 6.45) is 5.87. The second kappa shape index (κ2) is 5.86. The summed E-state index contributed by atoms with van der Waals surface area (Å²) in [6.45, 7) is 1.87. The SMILES string of the molecule is CCOC(=O)c1c[nH]c(=O)n(C2CCCCC2)c1=O. The van der Waals surface area contributed by atoms with E-state index in [0.29, 0.717) is 0 Å². The first-order valence-electron chi connectivity index (χ1n) is 6.66. The van der Waals surface area contributed by atoms with Gasteiger partial charge in [-0.1, -0.05) is 19.3 Å². The number of carbonyl (C=O) groups is 1. The number of hydrogen-bond acceptors (Lipinski definition) is 4. The number of nitrogens with one attached hydrogen (secondary N) is 1. The Morgan fingerprint density at radius 1 is 1.37 bits per heavy atom. The molecule has 1 aliphatic carbocycles. The molecule has 0 atom stereocenters. The van der Waals surface area contributed by atoms with E-state index in [9.17, 15) is 14.4 Å². The van der Waals surface area contributed by atoms with Crippen LogP contribution in [0.2, 0.25) is 0 Å². The Morgan fingerprint density at radius 3 is 2.68 bits per heavy atom. The summed E-state index contributed by atoms with van der Waals surface area (Å²) in [7, 11) is 0. The van der Waals surface area contributed by atoms with Crippen LogP contribution in [0, 0.1) is 0 Å². The zero-order chi connectivity index (χ0) is 13.8. The second-order valence-electron chi connectivity index (χ2n) is 4.69. The molecule has 1 fully saturated rings. The minimum absolute atomic E-state index is 0.105. The maximum atomic E-state index is 12.2. The number of hydrogen-bond donors (Lipinski definition) is 1. The summed E-state index contributed by atoms with van der Waals surface area (Å²) in [5.41, 5.74) is -1.11. The number of ether oxygens (including phenoxy) is 1. The average molecular weight is 266 g/mol. The first kappa shape index (κ1) is 13.6. The molecule has 1 N–H and O–H groups in total. The molecule has 2 rings (SSSR count). The highest BCUT2D eigenvalue weighted by Gasteiger charge is 2.22. The third-order valence-corrected chi connectivity index (χ3v) is 3.44. The maximum Gasteiger partial charge on any atom is 0.345 e. The molecule has 104 valence electrons. The van der Waals surface area contributed by atoms with E-state index in [0.717, 1.165) is 38.3 Å². The van der Waals surface area contributed by atoms with Gasteiger partial charge >= 0.3 is 11.7 Å². The van der Waals surface area contributed by atoms with Crippen LogP contribution in [0.4, 0.5) is 0 Å². The molecule has 1 aromatic rings. The Bertz CT molecular complexity index is 567. The van der Waals surface area contributed by atoms with Gasteiger partial charge in [0.15, 0.2) is 0 Å². The van der Waals surface area contributed by atoms with Crippen LogP contribution < -0.4 is 11.2 Å². The van der Waals surface area contributed by atoms with Crippen molar-refractivity contribution < 1.29 is 9.53 Å². The minimum atomic E-state index is -0.687. The van der Waals surface area contributed by atoms with Crippen LogP contribution in [-0.4, -0.2) is 22.1 Å². The van der Waals surface area contributed by atoms with Crippen LogP contribution in [0.1, 0.15) is 55.4 Å². The fourth-order valence-electron chi connectivity index (χ4n) is 2.51. The van der Waals surface area contributed by atoms with Crippen LogP contribution in [0.25, 0.3) is 0 Å². The molecule has 1 saturated carbocycles. The molecule has 0 unspecified atom stereocenters. The summed E-state index contributed by atoms with van der Waals surface area (Å²) >= 11 is 0. The van der Waals surface area contributed by atoms with Gasteiger partial charge in [-0.05, 0) is 19.8 Å². The van der Waals surface area contributed by atoms with Gasteiger partial charge in [-0.15, -0.1) is 0 Å². The van der Waals surface area contributed by atoms with Crippen molar-refractivity contribution in [3.8, 4) is 0 Å². The minimum Gasteiger partial charge on any atom is -0.462 e. The number of aromatic amines is 1. The van der Waals surface area contributed by atoms with Gasteiger partial charge < -0.3 is 9.72 Å². The number of carbonyl (C=O) groups excluding carboxylic acids is 1. The summed E-state index contributed by atoms with van der Waals surface area (Å²) in [6, 6.07) is -0.112. The number of nitrogens with zero attached hydrogens (tertiary/aromatic N) is 1. The van der Waals surface area contributed by atoms with E-state index in [2.05, 4.69) is 4.98 Å². The van der Waals surface area contributed by atoms with Crippen molar-refractivity contribution in [1.82, 2.24) is 9.55 Å². The smallest absolute Gasteiger partial charge is 0.345 e. The Morgan fingerprint density at radius 2 is 2.05 bits per heavy atom. The predicted octanol–water partition coefficient (Wildman–Crippen LogP) is 1.22. The third kappa shape index (κ3) is 2.77. The van der Waals surface area contributed by atoms with Crippen molar-refractivity contribution in [3.63, 3.8) is 0 Å². The van der Waals surface area contributed by atoms with E-state index in [1.807, 2.05) is 0 Å². The van der Waals surface area contributed by atoms with Gasteiger partial charge in [-0.25, -0.2) is 9.59 Å². The van der Waals surface area contributed by atoms with Gasteiger partial charge in [-0.2, -0.15) is 0 Å². The van der Waals surface area contributed by atoms with Crippen molar-refractivity contribution in [1.29, 1.82) is 0 Å². The fraction of sp³-hybridized carbons (Fsp3) is 0.615. The molecule has 0 aromatic carbocycles. The molecule has 0 bridgehead atoms. The Labute approximate surface area is 110 Å². The maximum absolute atomic E-state index is 12.2. The van der Waals surface area contributed by atoms with Crippen molar-refractivity contribution in [2.75, 3.05) is 6.61 Å². The first-order valence-corrected chi connectivity index (χ1v) is 6.66. The van der Waals surface area contributed by atoms with Gasteiger partial charge in [0, 0.05) is 12.2 Å². The monoisotopic (exact) mass is 266 g/mol. The van der Waals surface area contributed by atoms with Gasteiger partial charge in [0.05, 0.1) is 6.61 Å². The second-order valence-corrected chi connectivity index (χ2v) is 4.69. The highest BCUT2D eigenvalue weighted by Crippen LogP contribution is 2.25. The molecule has 0 radical (unpaired) electrons. The zero-order valence-corrected chi connectivity index (χ0v) is 11.0. The lowest BCUT2D eigenvalue weighted by molar-refractivity contribution is 0.0522. The molecule has 1 heterocycles. The molecule has 6 heteroatoms. The molecule has 1 aromatic heterocycles. The standard InChI is InChI=1S/C13H18N2O4/c1-2-19-12(17)10-8-14-13(18)15(11(10)16)9-6-4-3-5-7-9/h8-9H,2-7H2,1H3,(H,14,18). The Kier molecular flexibility index (Phi) is 4.19. The van der Waals surface area contributed by atoms with Crippen molar-refractivity contribution in [2.24, 2.45) is 0 Å². The van der Waals surface area contributed by atoms with Crippen LogP contribution in [0.15, 0.2) is 15.8 Å². The molecule has 0 saturated heterocycles. The topological polar surface area (TPSA) is 81.2 Å². The molecule has 0 aliphatic heterocycles. The van der Waals surface area contributed by atoms with E-state index in [4.69, 9.17) is 4.74 Å². The molecular weight excluding hydrogens is 248 g/mol. The largest absolute Gasteiger partial charge is 0.462 e. The van der Waals surface area contributed by atoms with E-state index in [-0.39, 0.29) is 18.2 Å². The van der Waals surface area contributed by atoms with Gasteiger partial charge in [0.25, 0.3) is 5.56 Å². The van der Waals surface area contributed by atoms with Crippen molar-refractivity contribution in [3.05, 3.63) is 32.6 Å². The summed E-state index contributed by atoms with van der Waals surface area (Å²) in [4.78, 5) is 38.2. The first-order chi connectivity index (χ1) is 9.15. The van der Waals surface area contributed by atoms with E-state index in [1.54, 1.807) is 6.92 Å². The van der Waals surface area contributed by atoms with Crippen LogP contribution >= 0.6 is 0 Å². The Balaban J connectivity index is 2.42. The van der Waals surface area contributed by atoms with E-state index >= 15 is 0 Å². The lowest BCUT2D eigenvalue weighted by Gasteiger charge is -2.23. The van der Waals surface area contributed by atoms with Gasteiger partial charge in [-0.3, -0.25) is 9.36 Å². The van der Waals surface area contributed by atoms with Crippen molar-refractivity contribution >= 4 is 5.97 Å². The average Bonchev–Trinajstić information content (AvgIpc) is 2.40. The molecule has 19 heavy (non-hydrogen) atoms. The summed E-state index contributed by atoms with van der Waals surface area (Å²) in [5.74, 6) is -0.687. The molecule has 6 nitrogen and oxygen atoms in total. The number of esters is 1. The highest BCUT2D eigenvalue weighted by molar-refractivity contribution is 5.88. The molecular formula is C13H18N2O4. The lowest BCUT2D eigenvalue weighted by Crippen LogP contribution is -2.41. The number of H-pyrrole nitrogens is 1. The van der Waals surface area contributed by atoms with Crippen LogP contribution in [0.3, 0.4) is 0 Å². The Hall–Kier alpha value is -1.85. The van der Waals surface area contributed by atoms with E-state index in [1.165, 1.54) is 4.57 Å². The van der Waals surface area contributed by atoms with Gasteiger partial charge in [0.2, 0.25) is 0 Å².